The summed E-state index contributed by atoms with van der Waals surface area (Å²) in [6, 6.07) is 0. The standard InChI is InChI=1S/C10H16N2O2.C7H12N2O.C6H11NO/c1-3-10(8-5-4-6-14-8)9(13)11-7(2)12-10;1-4-7(3)6(10)8-5(2)9-7;1-3-6-4-7-5(2)8-6/h8,12H,2-6H2,1H3,(H,11,13);9H,2,4H2,1,3H3,(H,8,10);6-7H,2-4H2,1H3. The highest BCUT2D eigenvalue weighted by molar-refractivity contribution is 5.91. The van der Waals surface area contributed by atoms with E-state index in [1.807, 2.05) is 20.8 Å². The first-order valence-electron chi connectivity index (χ1n) is 11.4. The summed E-state index contributed by atoms with van der Waals surface area (Å²) in [7, 11) is 0. The Balaban J connectivity index is 0.000000178. The van der Waals surface area contributed by atoms with Crippen LogP contribution in [0.4, 0.5) is 0 Å². The second kappa shape index (κ2) is 10.8. The van der Waals surface area contributed by atoms with Crippen molar-refractivity contribution >= 4 is 11.8 Å². The van der Waals surface area contributed by atoms with Gasteiger partial charge in [0.05, 0.1) is 24.3 Å². The predicted octanol–water partition coefficient (Wildman–Crippen LogP) is 1.71. The van der Waals surface area contributed by atoms with Crippen LogP contribution in [-0.4, -0.2) is 48.3 Å². The molecule has 4 aliphatic rings. The highest BCUT2D eigenvalue weighted by Gasteiger charge is 2.50. The van der Waals surface area contributed by atoms with Gasteiger partial charge < -0.3 is 36.1 Å². The lowest BCUT2D eigenvalue weighted by molar-refractivity contribution is -0.129. The fraction of sp³-hybridized carbons (Fsp3) is 0.652. The van der Waals surface area contributed by atoms with Gasteiger partial charge in [-0.3, -0.25) is 9.59 Å². The van der Waals surface area contributed by atoms with Crippen molar-refractivity contribution in [3.05, 3.63) is 37.3 Å². The highest BCUT2D eigenvalue weighted by Crippen LogP contribution is 2.30. The van der Waals surface area contributed by atoms with Gasteiger partial charge >= 0.3 is 0 Å². The first-order chi connectivity index (χ1) is 15.1. The van der Waals surface area contributed by atoms with E-state index in [0.717, 1.165) is 51.1 Å². The molecule has 9 nitrogen and oxygen atoms in total. The highest BCUT2D eigenvalue weighted by atomic mass is 16.5. The van der Waals surface area contributed by atoms with E-state index in [2.05, 4.69) is 53.2 Å². The van der Waals surface area contributed by atoms with E-state index in [0.29, 0.717) is 17.7 Å². The topological polar surface area (TPSA) is 113 Å². The molecule has 9 heteroatoms. The largest absolute Gasteiger partial charge is 0.475 e. The van der Waals surface area contributed by atoms with E-state index >= 15 is 0 Å². The van der Waals surface area contributed by atoms with Gasteiger partial charge in [-0.15, -0.1) is 0 Å². The molecule has 2 amide bonds. The van der Waals surface area contributed by atoms with Crippen molar-refractivity contribution in [2.45, 2.75) is 83.1 Å². The van der Waals surface area contributed by atoms with Crippen molar-refractivity contribution in [3.63, 3.8) is 0 Å². The van der Waals surface area contributed by atoms with Gasteiger partial charge in [-0.25, -0.2) is 0 Å². The first kappa shape index (κ1) is 25.6. The number of ether oxygens (including phenoxy) is 2. The monoisotopic (exact) mass is 449 g/mol. The Morgan fingerprint density at radius 1 is 1.00 bits per heavy atom. The second-order valence-corrected chi connectivity index (χ2v) is 8.58. The van der Waals surface area contributed by atoms with Crippen molar-refractivity contribution < 1.29 is 19.1 Å². The van der Waals surface area contributed by atoms with Crippen molar-refractivity contribution in [1.29, 1.82) is 0 Å². The van der Waals surface area contributed by atoms with Crippen molar-refractivity contribution in [1.82, 2.24) is 26.6 Å². The van der Waals surface area contributed by atoms with Gasteiger partial charge in [-0.2, -0.15) is 0 Å². The number of amides is 2. The van der Waals surface area contributed by atoms with Gasteiger partial charge in [0.2, 0.25) is 0 Å². The normalized spacial score (nSPS) is 32.9. The van der Waals surface area contributed by atoms with Gasteiger partial charge in [0.1, 0.15) is 17.2 Å². The molecule has 0 aromatic carbocycles. The molecule has 4 fully saturated rings. The number of carbonyl (C=O) groups excluding carboxylic acids is 2. The minimum absolute atomic E-state index is 0.00287. The van der Waals surface area contributed by atoms with E-state index in [1.165, 1.54) is 0 Å². The molecule has 4 unspecified atom stereocenters. The molecule has 4 heterocycles. The third kappa shape index (κ3) is 5.76. The van der Waals surface area contributed by atoms with Crippen molar-refractivity contribution in [3.8, 4) is 0 Å². The SMILES string of the molecule is C=C1NC(=O)C(C)(CC)N1.C=C1NC(=O)C(CC)(C2CCCO2)N1.C=C1NCC(CC)O1. The third-order valence-electron chi connectivity index (χ3n) is 6.27. The summed E-state index contributed by atoms with van der Waals surface area (Å²) < 4.78 is 10.8. The molecule has 0 aliphatic carbocycles. The lowest BCUT2D eigenvalue weighted by Gasteiger charge is -2.30. The molecule has 0 aromatic heterocycles. The summed E-state index contributed by atoms with van der Waals surface area (Å²) in [6.45, 7) is 20.5. The van der Waals surface area contributed by atoms with E-state index in [1.54, 1.807) is 0 Å². The van der Waals surface area contributed by atoms with Gasteiger partial charge in [0, 0.05) is 6.61 Å². The van der Waals surface area contributed by atoms with E-state index in [-0.39, 0.29) is 17.9 Å². The lowest BCUT2D eigenvalue weighted by atomic mass is 9.88. The molecule has 0 radical (unpaired) electrons. The smallest absolute Gasteiger partial charge is 0.253 e. The van der Waals surface area contributed by atoms with Gasteiger partial charge in [0.25, 0.3) is 11.8 Å². The summed E-state index contributed by atoms with van der Waals surface area (Å²) in [5.74, 6) is 1.93. The molecule has 32 heavy (non-hydrogen) atoms. The number of hydrogen-bond donors (Lipinski definition) is 5. The van der Waals surface area contributed by atoms with E-state index in [4.69, 9.17) is 9.47 Å². The van der Waals surface area contributed by atoms with E-state index in [9.17, 15) is 9.59 Å². The van der Waals surface area contributed by atoms with Crippen LogP contribution in [0.25, 0.3) is 0 Å². The zero-order valence-electron chi connectivity index (χ0n) is 19.9. The molecule has 4 atom stereocenters. The maximum Gasteiger partial charge on any atom is 0.253 e. The second-order valence-electron chi connectivity index (χ2n) is 8.58. The van der Waals surface area contributed by atoms with Crippen LogP contribution in [0.3, 0.4) is 0 Å². The van der Waals surface area contributed by atoms with E-state index < -0.39 is 11.1 Å². The van der Waals surface area contributed by atoms with Crippen LogP contribution in [-0.2, 0) is 19.1 Å². The number of hydrogen-bond acceptors (Lipinski definition) is 7. The summed E-state index contributed by atoms with van der Waals surface area (Å²) in [5, 5.41) is 14.4. The van der Waals surface area contributed by atoms with Crippen LogP contribution in [0.15, 0.2) is 37.3 Å². The summed E-state index contributed by atoms with van der Waals surface area (Å²) >= 11 is 0. The summed E-state index contributed by atoms with van der Waals surface area (Å²) in [4.78, 5) is 22.9. The van der Waals surface area contributed by atoms with Crippen LogP contribution < -0.4 is 26.6 Å². The van der Waals surface area contributed by atoms with Crippen molar-refractivity contribution in [2.24, 2.45) is 0 Å². The number of nitrogens with one attached hydrogen (secondary N) is 5. The van der Waals surface area contributed by atoms with Gasteiger partial charge in [0.15, 0.2) is 5.88 Å². The molecule has 0 spiro atoms. The summed E-state index contributed by atoms with van der Waals surface area (Å²) in [5.41, 5.74) is -1.01. The molecule has 5 N–H and O–H groups in total. The molecular formula is C23H39N5O4. The Morgan fingerprint density at radius 3 is 1.97 bits per heavy atom. The Hall–Kier alpha value is -2.68. The quantitative estimate of drug-likeness (QED) is 0.444. The Kier molecular flexibility index (Phi) is 8.60. The number of rotatable bonds is 4. The maximum absolute atomic E-state index is 11.8. The van der Waals surface area contributed by atoms with Crippen LogP contribution in [0.5, 0.6) is 0 Å². The Morgan fingerprint density at radius 2 is 1.66 bits per heavy atom. The lowest BCUT2D eigenvalue weighted by Crippen LogP contribution is -2.55. The fourth-order valence-electron chi connectivity index (χ4n) is 3.96. The minimum atomic E-state index is -0.576. The summed E-state index contributed by atoms with van der Waals surface area (Å²) in [6.07, 6.45) is 4.90. The molecule has 4 aliphatic heterocycles. The van der Waals surface area contributed by atoms with Gasteiger partial charge in [-0.1, -0.05) is 33.9 Å². The molecule has 4 rings (SSSR count). The van der Waals surface area contributed by atoms with Crippen LogP contribution >= 0.6 is 0 Å². The first-order valence-corrected chi connectivity index (χ1v) is 11.4. The van der Waals surface area contributed by atoms with Crippen LogP contribution in [0, 0.1) is 0 Å². The molecule has 4 saturated heterocycles. The molecule has 0 bridgehead atoms. The molecular weight excluding hydrogens is 410 g/mol. The zero-order valence-corrected chi connectivity index (χ0v) is 19.9. The van der Waals surface area contributed by atoms with Crippen molar-refractivity contribution in [2.75, 3.05) is 13.2 Å². The zero-order chi connectivity index (χ0) is 23.9. The fourth-order valence-corrected chi connectivity index (χ4v) is 3.96. The maximum atomic E-state index is 11.8. The number of carbonyl (C=O) groups is 2. The van der Waals surface area contributed by atoms with Crippen LogP contribution in [0.1, 0.15) is 59.8 Å². The predicted molar refractivity (Wildman–Crippen MR) is 124 cm³/mol. The van der Waals surface area contributed by atoms with Gasteiger partial charge in [-0.05, 0) is 45.6 Å². The molecule has 0 aromatic rings. The average molecular weight is 450 g/mol. The van der Waals surface area contributed by atoms with Crippen LogP contribution in [0.2, 0.25) is 0 Å². The molecule has 180 valence electrons. The minimum Gasteiger partial charge on any atom is -0.475 e. The Bertz CT molecular complexity index is 749. The molecule has 0 saturated carbocycles. The average Bonchev–Trinajstić information content (AvgIpc) is 3.52. The third-order valence-corrected chi connectivity index (χ3v) is 6.27. The Labute approximate surface area is 191 Å².